The Hall–Kier alpha value is -2.29. The molecule has 3 heteroatoms. The van der Waals surface area contributed by atoms with Gasteiger partial charge in [0.1, 0.15) is 5.75 Å². The van der Waals surface area contributed by atoms with Crippen molar-refractivity contribution in [1.82, 2.24) is 4.57 Å². The topological polar surface area (TPSA) is 42.2 Å². The number of pyridine rings is 1. The van der Waals surface area contributed by atoms with Gasteiger partial charge in [0.25, 0.3) is 5.56 Å². The van der Waals surface area contributed by atoms with Crippen molar-refractivity contribution in [2.45, 2.75) is 40.0 Å². The predicted molar refractivity (Wildman–Crippen MR) is 97.0 cm³/mol. The molecule has 0 aliphatic rings. The molecule has 0 aliphatic carbocycles. The van der Waals surface area contributed by atoms with E-state index in [0.717, 1.165) is 23.7 Å². The lowest BCUT2D eigenvalue weighted by atomic mass is 10.0. The molecule has 0 unspecified atom stereocenters. The van der Waals surface area contributed by atoms with Crippen LogP contribution in [0.2, 0.25) is 0 Å². The molecule has 1 N–H and O–H groups in total. The first-order valence-electron chi connectivity index (χ1n) is 8.00. The number of para-hydroxylation sites is 1. The quantitative estimate of drug-likeness (QED) is 0.827. The van der Waals surface area contributed by atoms with Gasteiger partial charge in [-0.3, -0.25) is 4.79 Å². The first-order valence-corrected chi connectivity index (χ1v) is 8.00. The van der Waals surface area contributed by atoms with Crippen molar-refractivity contribution in [3.63, 3.8) is 0 Å². The third-order valence-corrected chi connectivity index (χ3v) is 4.12. The molecule has 0 saturated heterocycles. The summed E-state index contributed by atoms with van der Waals surface area (Å²) in [4.78, 5) is 12.5. The lowest BCUT2D eigenvalue weighted by molar-refractivity contribution is 0.473. The summed E-state index contributed by atoms with van der Waals surface area (Å²) in [5.74, 6) is 0.108. The summed E-state index contributed by atoms with van der Waals surface area (Å²) in [6.07, 6.45) is 6.70. The van der Waals surface area contributed by atoms with Crippen LogP contribution in [0.5, 0.6) is 5.75 Å². The van der Waals surface area contributed by atoms with Gasteiger partial charge in [-0.05, 0) is 52.2 Å². The summed E-state index contributed by atoms with van der Waals surface area (Å²) in [6, 6.07) is 7.44. The van der Waals surface area contributed by atoms with E-state index in [0.29, 0.717) is 12.0 Å². The maximum atomic E-state index is 12.5. The average Bonchev–Trinajstić information content (AvgIpc) is 2.52. The van der Waals surface area contributed by atoms with Crippen molar-refractivity contribution >= 4 is 10.9 Å². The second-order valence-electron chi connectivity index (χ2n) is 6.28. The average molecular weight is 311 g/mol. The zero-order chi connectivity index (χ0) is 17.0. The van der Waals surface area contributed by atoms with Gasteiger partial charge in [0.05, 0.1) is 11.1 Å². The molecule has 1 aromatic heterocycles. The molecule has 0 spiro atoms. The van der Waals surface area contributed by atoms with Gasteiger partial charge in [-0.25, -0.2) is 0 Å². The number of aromatic hydroxyl groups is 1. The van der Waals surface area contributed by atoms with Crippen LogP contribution >= 0.6 is 0 Å². The van der Waals surface area contributed by atoms with Crippen molar-refractivity contribution in [3.8, 4) is 5.75 Å². The van der Waals surface area contributed by atoms with E-state index in [2.05, 4.69) is 26.8 Å². The zero-order valence-electron chi connectivity index (χ0n) is 14.4. The maximum Gasteiger partial charge on any atom is 0.258 e. The molecule has 1 aromatic carbocycles. The van der Waals surface area contributed by atoms with Crippen LogP contribution in [0.15, 0.2) is 52.4 Å². The monoisotopic (exact) mass is 311 g/mol. The van der Waals surface area contributed by atoms with E-state index in [1.54, 1.807) is 11.6 Å². The second kappa shape index (κ2) is 7.32. The fourth-order valence-corrected chi connectivity index (χ4v) is 2.69. The summed E-state index contributed by atoms with van der Waals surface area (Å²) in [5.41, 5.74) is 3.64. The second-order valence-corrected chi connectivity index (χ2v) is 6.28. The van der Waals surface area contributed by atoms with Crippen LogP contribution in [0.25, 0.3) is 10.9 Å². The van der Waals surface area contributed by atoms with Crippen molar-refractivity contribution in [1.29, 1.82) is 0 Å². The zero-order valence-corrected chi connectivity index (χ0v) is 14.4. The molecule has 0 radical (unpaired) electrons. The van der Waals surface area contributed by atoms with Gasteiger partial charge >= 0.3 is 0 Å². The van der Waals surface area contributed by atoms with Gasteiger partial charge < -0.3 is 9.67 Å². The highest BCUT2D eigenvalue weighted by Crippen LogP contribution is 2.26. The standard InChI is InChI=1S/C20H25NO2/c1-14(2)8-7-9-15(3)12-13-17-19(22)16-10-5-6-11-18(16)21(4)20(17)23/h5-6,8,10-12,22H,7,9,13H2,1-4H3/b15-12+. The van der Waals surface area contributed by atoms with E-state index < -0.39 is 0 Å². The summed E-state index contributed by atoms with van der Waals surface area (Å²) in [5, 5.41) is 11.2. The Labute approximate surface area is 137 Å². The Balaban J connectivity index is 2.30. The molecule has 3 nitrogen and oxygen atoms in total. The van der Waals surface area contributed by atoms with E-state index in [-0.39, 0.29) is 11.3 Å². The molecule has 0 atom stereocenters. The van der Waals surface area contributed by atoms with Crippen molar-refractivity contribution < 1.29 is 5.11 Å². The van der Waals surface area contributed by atoms with Crippen molar-refractivity contribution in [3.05, 3.63) is 63.5 Å². The third kappa shape index (κ3) is 3.92. The number of allylic oxidation sites excluding steroid dienone is 4. The number of hydrogen-bond acceptors (Lipinski definition) is 2. The van der Waals surface area contributed by atoms with Crippen LogP contribution < -0.4 is 5.56 Å². The minimum Gasteiger partial charge on any atom is -0.507 e. The van der Waals surface area contributed by atoms with Crippen LogP contribution in [0.4, 0.5) is 0 Å². The van der Waals surface area contributed by atoms with Gasteiger partial charge in [0.2, 0.25) is 0 Å². The lowest BCUT2D eigenvalue weighted by Gasteiger charge is -2.11. The molecule has 1 heterocycles. The normalized spacial score (nSPS) is 11.7. The maximum absolute atomic E-state index is 12.5. The van der Waals surface area contributed by atoms with Gasteiger partial charge in [-0.1, -0.05) is 35.4 Å². The van der Waals surface area contributed by atoms with E-state index in [1.165, 1.54) is 11.1 Å². The number of hydrogen-bond donors (Lipinski definition) is 1. The van der Waals surface area contributed by atoms with Crippen LogP contribution in [0.3, 0.4) is 0 Å². The van der Waals surface area contributed by atoms with Gasteiger partial charge in [0, 0.05) is 12.4 Å². The fraction of sp³-hybridized carbons (Fsp3) is 0.350. The largest absolute Gasteiger partial charge is 0.507 e. The minimum atomic E-state index is -0.130. The number of fused-ring (bicyclic) bond motifs is 1. The molecule has 0 aliphatic heterocycles. The Morgan fingerprint density at radius 2 is 1.87 bits per heavy atom. The Bertz CT molecular complexity index is 821. The fourth-order valence-electron chi connectivity index (χ4n) is 2.69. The Kier molecular flexibility index (Phi) is 5.43. The minimum absolute atomic E-state index is 0.108. The molecule has 23 heavy (non-hydrogen) atoms. The van der Waals surface area contributed by atoms with Crippen molar-refractivity contribution in [2.75, 3.05) is 0 Å². The summed E-state index contributed by atoms with van der Waals surface area (Å²) >= 11 is 0. The number of aromatic nitrogens is 1. The molecule has 0 amide bonds. The number of rotatable bonds is 5. The highest BCUT2D eigenvalue weighted by atomic mass is 16.3. The summed E-state index contributed by atoms with van der Waals surface area (Å²) in [7, 11) is 1.75. The highest BCUT2D eigenvalue weighted by molar-refractivity contribution is 5.86. The number of nitrogens with zero attached hydrogens (tertiary/aromatic N) is 1. The molecule has 2 rings (SSSR count). The molecule has 0 saturated carbocycles. The van der Waals surface area contributed by atoms with Gasteiger partial charge in [0.15, 0.2) is 0 Å². The molecule has 0 bridgehead atoms. The first kappa shape index (κ1) is 17.1. The number of aryl methyl sites for hydroxylation is 1. The predicted octanol–water partition coefficient (Wildman–Crippen LogP) is 4.48. The molecular formula is C20H25NO2. The molecule has 2 aromatic rings. The highest BCUT2D eigenvalue weighted by Gasteiger charge is 2.13. The SMILES string of the molecule is CC(C)=CCC/C(C)=C/Cc1c(O)c2ccccc2n(C)c1=O. The van der Waals surface area contributed by atoms with Crippen LogP contribution in [-0.2, 0) is 13.5 Å². The summed E-state index contributed by atoms with van der Waals surface area (Å²) in [6.45, 7) is 6.26. The van der Waals surface area contributed by atoms with Crippen LogP contribution in [-0.4, -0.2) is 9.67 Å². The Morgan fingerprint density at radius 1 is 1.17 bits per heavy atom. The van der Waals surface area contributed by atoms with E-state index in [1.807, 2.05) is 30.3 Å². The van der Waals surface area contributed by atoms with E-state index >= 15 is 0 Å². The van der Waals surface area contributed by atoms with Gasteiger partial charge in [-0.2, -0.15) is 0 Å². The molecule has 0 fully saturated rings. The van der Waals surface area contributed by atoms with Gasteiger partial charge in [-0.15, -0.1) is 0 Å². The van der Waals surface area contributed by atoms with Crippen LogP contribution in [0, 0.1) is 0 Å². The smallest absolute Gasteiger partial charge is 0.258 e. The number of benzene rings is 1. The van der Waals surface area contributed by atoms with E-state index in [9.17, 15) is 9.90 Å². The molecular weight excluding hydrogens is 286 g/mol. The van der Waals surface area contributed by atoms with Crippen molar-refractivity contribution in [2.24, 2.45) is 7.05 Å². The van der Waals surface area contributed by atoms with E-state index in [4.69, 9.17) is 0 Å². The molecule has 122 valence electrons. The third-order valence-electron chi connectivity index (χ3n) is 4.12. The Morgan fingerprint density at radius 3 is 2.57 bits per heavy atom. The lowest BCUT2D eigenvalue weighted by Crippen LogP contribution is -2.21. The summed E-state index contributed by atoms with van der Waals surface area (Å²) < 4.78 is 1.61. The first-order chi connectivity index (χ1) is 10.9. The van der Waals surface area contributed by atoms with Crippen LogP contribution in [0.1, 0.15) is 39.2 Å².